The number of carbonyl (C=O) groups is 1. The molecule has 1 unspecified atom stereocenters. The SMILES string of the molecule is NC(C(=O)O)c1nc2ccccc2cc1-c1ccccc1. The maximum atomic E-state index is 11.3. The number of carboxylic acids is 1. The number of hydrogen-bond acceptors (Lipinski definition) is 3. The van der Waals surface area contributed by atoms with E-state index in [1.165, 1.54) is 0 Å². The standard InChI is InChI=1S/C17H14N2O2/c18-15(17(20)21)16-13(11-6-2-1-3-7-11)10-12-8-4-5-9-14(12)19-16/h1-10,15H,18H2,(H,20,21). The van der Waals surface area contributed by atoms with E-state index in [1.807, 2.05) is 60.7 Å². The third kappa shape index (κ3) is 2.49. The van der Waals surface area contributed by atoms with Gasteiger partial charge in [0.2, 0.25) is 0 Å². The molecule has 104 valence electrons. The number of benzene rings is 2. The molecule has 0 spiro atoms. The van der Waals surface area contributed by atoms with Crippen molar-refractivity contribution < 1.29 is 9.90 Å². The Kier molecular flexibility index (Phi) is 3.38. The predicted molar refractivity (Wildman–Crippen MR) is 81.7 cm³/mol. The lowest BCUT2D eigenvalue weighted by Gasteiger charge is -2.14. The summed E-state index contributed by atoms with van der Waals surface area (Å²) in [5.74, 6) is -1.09. The predicted octanol–water partition coefficient (Wildman–Crippen LogP) is 2.99. The molecule has 2 aromatic carbocycles. The molecule has 3 N–H and O–H groups in total. The van der Waals surface area contributed by atoms with Crippen molar-refractivity contribution in [1.29, 1.82) is 0 Å². The van der Waals surface area contributed by atoms with Crippen LogP contribution in [0.3, 0.4) is 0 Å². The minimum absolute atomic E-state index is 0.382. The molecule has 0 radical (unpaired) electrons. The molecule has 0 fully saturated rings. The summed E-state index contributed by atoms with van der Waals surface area (Å²) in [6.07, 6.45) is 0. The van der Waals surface area contributed by atoms with E-state index in [9.17, 15) is 9.90 Å². The summed E-state index contributed by atoms with van der Waals surface area (Å²) in [7, 11) is 0. The first kappa shape index (κ1) is 13.3. The summed E-state index contributed by atoms with van der Waals surface area (Å²) in [6, 6.07) is 17.9. The Balaban J connectivity index is 2.29. The minimum Gasteiger partial charge on any atom is -0.480 e. The Hall–Kier alpha value is -2.72. The molecule has 1 atom stereocenters. The zero-order valence-electron chi connectivity index (χ0n) is 11.2. The van der Waals surface area contributed by atoms with Crippen molar-refractivity contribution in [2.24, 2.45) is 5.73 Å². The lowest BCUT2D eigenvalue weighted by atomic mass is 9.98. The van der Waals surface area contributed by atoms with E-state index in [0.717, 1.165) is 22.0 Å². The summed E-state index contributed by atoms with van der Waals surface area (Å²) in [6.45, 7) is 0. The van der Waals surface area contributed by atoms with Crippen LogP contribution in [0.2, 0.25) is 0 Å². The molecule has 4 heteroatoms. The van der Waals surface area contributed by atoms with Gasteiger partial charge >= 0.3 is 5.97 Å². The number of rotatable bonds is 3. The molecule has 1 heterocycles. The molecule has 3 rings (SSSR count). The first-order valence-electron chi connectivity index (χ1n) is 6.60. The summed E-state index contributed by atoms with van der Waals surface area (Å²) in [5.41, 5.74) is 8.59. The van der Waals surface area contributed by atoms with E-state index in [1.54, 1.807) is 0 Å². The Morgan fingerprint density at radius 1 is 1.05 bits per heavy atom. The molecule has 0 aliphatic rings. The van der Waals surface area contributed by atoms with E-state index in [2.05, 4.69) is 4.98 Å². The summed E-state index contributed by atoms with van der Waals surface area (Å²) < 4.78 is 0. The normalized spacial score (nSPS) is 12.2. The molecular weight excluding hydrogens is 264 g/mol. The van der Waals surface area contributed by atoms with Gasteiger partial charge in [-0.05, 0) is 17.7 Å². The topological polar surface area (TPSA) is 76.2 Å². The maximum absolute atomic E-state index is 11.3. The minimum atomic E-state index is -1.15. The number of carboxylic acid groups (broad SMARTS) is 1. The number of nitrogens with zero attached hydrogens (tertiary/aromatic N) is 1. The largest absolute Gasteiger partial charge is 0.480 e. The second-order valence-electron chi connectivity index (χ2n) is 4.80. The van der Waals surface area contributed by atoms with Gasteiger partial charge in [0.1, 0.15) is 6.04 Å². The fraction of sp³-hybridized carbons (Fsp3) is 0.0588. The molecule has 0 aliphatic carbocycles. The first-order valence-corrected chi connectivity index (χ1v) is 6.60. The fourth-order valence-electron chi connectivity index (χ4n) is 2.33. The van der Waals surface area contributed by atoms with Crippen molar-refractivity contribution in [3.63, 3.8) is 0 Å². The monoisotopic (exact) mass is 278 g/mol. The van der Waals surface area contributed by atoms with Crippen LogP contribution in [0.15, 0.2) is 60.7 Å². The molecule has 4 nitrogen and oxygen atoms in total. The van der Waals surface area contributed by atoms with Crippen molar-refractivity contribution >= 4 is 16.9 Å². The molecular formula is C17H14N2O2. The molecule has 21 heavy (non-hydrogen) atoms. The van der Waals surface area contributed by atoms with E-state index in [0.29, 0.717) is 5.69 Å². The Labute approximate surface area is 121 Å². The highest BCUT2D eigenvalue weighted by molar-refractivity contribution is 5.87. The van der Waals surface area contributed by atoms with Gasteiger partial charge in [-0.3, -0.25) is 4.79 Å². The Bertz CT molecular complexity index is 800. The molecule has 0 saturated carbocycles. The maximum Gasteiger partial charge on any atom is 0.326 e. The van der Waals surface area contributed by atoms with Gasteiger partial charge < -0.3 is 10.8 Å². The quantitative estimate of drug-likeness (QED) is 0.772. The zero-order chi connectivity index (χ0) is 14.8. The second kappa shape index (κ2) is 5.34. The molecule has 0 aliphatic heterocycles. The van der Waals surface area contributed by atoms with Crippen molar-refractivity contribution in [2.75, 3.05) is 0 Å². The van der Waals surface area contributed by atoms with Crippen LogP contribution in [0.4, 0.5) is 0 Å². The number of para-hydroxylation sites is 1. The third-order valence-electron chi connectivity index (χ3n) is 3.40. The fourth-order valence-corrected chi connectivity index (χ4v) is 2.33. The van der Waals surface area contributed by atoms with Crippen LogP contribution >= 0.6 is 0 Å². The highest BCUT2D eigenvalue weighted by Gasteiger charge is 2.21. The van der Waals surface area contributed by atoms with E-state index < -0.39 is 12.0 Å². The van der Waals surface area contributed by atoms with E-state index in [-0.39, 0.29) is 0 Å². The summed E-state index contributed by atoms with van der Waals surface area (Å²) in [5, 5.41) is 10.2. The van der Waals surface area contributed by atoms with E-state index >= 15 is 0 Å². The van der Waals surface area contributed by atoms with Gasteiger partial charge in [-0.15, -0.1) is 0 Å². The van der Waals surface area contributed by atoms with Crippen molar-refractivity contribution in [1.82, 2.24) is 4.98 Å². The van der Waals surface area contributed by atoms with Gasteiger partial charge in [-0.2, -0.15) is 0 Å². The van der Waals surface area contributed by atoms with Gasteiger partial charge in [-0.25, -0.2) is 4.98 Å². The van der Waals surface area contributed by atoms with Gasteiger partial charge in [0.25, 0.3) is 0 Å². The Morgan fingerprint density at radius 2 is 1.71 bits per heavy atom. The Morgan fingerprint density at radius 3 is 2.43 bits per heavy atom. The second-order valence-corrected chi connectivity index (χ2v) is 4.80. The van der Waals surface area contributed by atoms with Gasteiger partial charge in [-0.1, -0.05) is 48.5 Å². The van der Waals surface area contributed by atoms with Crippen LogP contribution in [0.25, 0.3) is 22.0 Å². The van der Waals surface area contributed by atoms with Crippen LogP contribution in [0.5, 0.6) is 0 Å². The molecule has 0 saturated heterocycles. The number of fused-ring (bicyclic) bond motifs is 1. The molecule has 1 aromatic heterocycles. The number of aliphatic carboxylic acids is 1. The summed E-state index contributed by atoms with van der Waals surface area (Å²) >= 11 is 0. The number of nitrogens with two attached hydrogens (primary N) is 1. The number of pyridine rings is 1. The van der Waals surface area contributed by atoms with Crippen LogP contribution in [0.1, 0.15) is 11.7 Å². The van der Waals surface area contributed by atoms with Gasteiger partial charge in [0.05, 0.1) is 11.2 Å². The van der Waals surface area contributed by atoms with Gasteiger partial charge in [0, 0.05) is 10.9 Å². The van der Waals surface area contributed by atoms with Crippen molar-refractivity contribution in [2.45, 2.75) is 6.04 Å². The molecule has 0 bridgehead atoms. The first-order chi connectivity index (χ1) is 10.2. The van der Waals surface area contributed by atoms with Crippen LogP contribution in [-0.2, 0) is 4.79 Å². The van der Waals surface area contributed by atoms with Crippen LogP contribution < -0.4 is 5.73 Å². The highest BCUT2D eigenvalue weighted by atomic mass is 16.4. The number of aromatic nitrogens is 1. The van der Waals surface area contributed by atoms with Crippen molar-refractivity contribution in [3.05, 3.63) is 66.4 Å². The van der Waals surface area contributed by atoms with Crippen molar-refractivity contribution in [3.8, 4) is 11.1 Å². The van der Waals surface area contributed by atoms with Gasteiger partial charge in [0.15, 0.2) is 0 Å². The smallest absolute Gasteiger partial charge is 0.326 e. The molecule has 0 amide bonds. The lowest BCUT2D eigenvalue weighted by molar-refractivity contribution is -0.138. The highest BCUT2D eigenvalue weighted by Crippen LogP contribution is 2.29. The zero-order valence-corrected chi connectivity index (χ0v) is 11.2. The average Bonchev–Trinajstić information content (AvgIpc) is 2.53. The summed E-state index contributed by atoms with van der Waals surface area (Å²) in [4.78, 5) is 15.7. The third-order valence-corrected chi connectivity index (χ3v) is 3.40. The number of hydrogen-bond donors (Lipinski definition) is 2. The molecule has 3 aromatic rings. The van der Waals surface area contributed by atoms with Crippen LogP contribution in [-0.4, -0.2) is 16.1 Å². The van der Waals surface area contributed by atoms with Crippen LogP contribution in [0, 0.1) is 0 Å². The van der Waals surface area contributed by atoms with E-state index in [4.69, 9.17) is 5.73 Å². The average molecular weight is 278 g/mol. The lowest BCUT2D eigenvalue weighted by Crippen LogP contribution is -2.22.